The number of benzene rings is 2. The lowest BCUT2D eigenvalue weighted by atomic mass is 9.87. The van der Waals surface area contributed by atoms with E-state index in [-0.39, 0.29) is 0 Å². The largest absolute Gasteiger partial charge is 0.478 e. The quantitative estimate of drug-likeness (QED) is 0.241. The number of H-pyrrole nitrogens is 1. The number of aliphatic carboxylic acids is 1. The van der Waals surface area contributed by atoms with Crippen LogP contribution in [0.3, 0.4) is 0 Å². The maximum atomic E-state index is 10.8. The zero-order valence-corrected chi connectivity index (χ0v) is 18.7. The minimum absolute atomic E-state index is 0.501. The van der Waals surface area contributed by atoms with Crippen LogP contribution < -0.4 is 0 Å². The van der Waals surface area contributed by atoms with E-state index in [1.54, 1.807) is 18.3 Å². The number of fused-ring (bicyclic) bond motifs is 1. The van der Waals surface area contributed by atoms with Crippen LogP contribution in [0.1, 0.15) is 37.0 Å². The van der Waals surface area contributed by atoms with E-state index in [1.165, 1.54) is 6.08 Å². The topological polar surface area (TPSA) is 89.8 Å². The van der Waals surface area contributed by atoms with Crippen molar-refractivity contribution in [2.45, 2.75) is 20.3 Å². The SMILES string of the molecule is C=C\C(C#N)=C/C=C(C)/C(CC)=C(\c1ccc(/C=C/C(=O)O)cc1)c1ccc2[nH]ncc2c1. The Hall–Kier alpha value is -4.43. The summed E-state index contributed by atoms with van der Waals surface area (Å²) in [6.45, 7) is 7.82. The van der Waals surface area contributed by atoms with E-state index in [9.17, 15) is 10.1 Å². The van der Waals surface area contributed by atoms with Gasteiger partial charge in [-0.05, 0) is 71.0 Å². The number of nitrogens with one attached hydrogen (secondary N) is 1. The van der Waals surface area contributed by atoms with Gasteiger partial charge in [-0.1, -0.05) is 56.0 Å². The van der Waals surface area contributed by atoms with Gasteiger partial charge in [0.15, 0.2) is 0 Å². The van der Waals surface area contributed by atoms with Crippen molar-refractivity contribution in [3.63, 3.8) is 0 Å². The second kappa shape index (κ2) is 10.7. The number of carboxylic acids is 1. The Kier molecular flexibility index (Phi) is 7.56. The van der Waals surface area contributed by atoms with Crippen LogP contribution in [0.25, 0.3) is 22.6 Å². The number of hydrogen-bond acceptors (Lipinski definition) is 3. The van der Waals surface area contributed by atoms with Crippen LogP contribution in [-0.2, 0) is 4.79 Å². The first-order valence-electron chi connectivity index (χ1n) is 10.6. The molecule has 5 nitrogen and oxygen atoms in total. The number of nitriles is 1. The van der Waals surface area contributed by atoms with Crippen molar-refractivity contribution in [3.05, 3.63) is 113 Å². The average molecular weight is 436 g/mol. The van der Waals surface area contributed by atoms with Gasteiger partial charge in [0.25, 0.3) is 0 Å². The Morgan fingerprint density at radius 1 is 1.18 bits per heavy atom. The van der Waals surface area contributed by atoms with Crippen LogP contribution in [-0.4, -0.2) is 21.3 Å². The maximum absolute atomic E-state index is 10.8. The molecule has 0 aliphatic rings. The Morgan fingerprint density at radius 3 is 2.55 bits per heavy atom. The fraction of sp³-hybridized carbons (Fsp3) is 0.107. The molecule has 3 rings (SSSR count). The summed E-state index contributed by atoms with van der Waals surface area (Å²) < 4.78 is 0. The van der Waals surface area contributed by atoms with Gasteiger partial charge in [-0.25, -0.2) is 4.79 Å². The zero-order chi connectivity index (χ0) is 23.8. The van der Waals surface area contributed by atoms with E-state index in [0.29, 0.717) is 5.57 Å². The van der Waals surface area contributed by atoms with Crippen molar-refractivity contribution in [1.29, 1.82) is 5.26 Å². The van der Waals surface area contributed by atoms with Gasteiger partial charge >= 0.3 is 5.97 Å². The molecule has 0 radical (unpaired) electrons. The molecule has 0 atom stereocenters. The van der Waals surface area contributed by atoms with E-state index in [0.717, 1.165) is 56.8 Å². The van der Waals surface area contributed by atoms with Crippen molar-refractivity contribution < 1.29 is 9.90 Å². The molecule has 0 amide bonds. The van der Waals surface area contributed by atoms with Crippen LogP contribution in [0.5, 0.6) is 0 Å². The predicted octanol–water partition coefficient (Wildman–Crippen LogP) is 6.45. The molecule has 1 heterocycles. The molecule has 0 saturated carbocycles. The molecular weight excluding hydrogens is 410 g/mol. The molecule has 33 heavy (non-hydrogen) atoms. The number of aromatic amines is 1. The lowest BCUT2D eigenvalue weighted by molar-refractivity contribution is -0.131. The minimum Gasteiger partial charge on any atom is -0.478 e. The number of aromatic nitrogens is 2. The monoisotopic (exact) mass is 435 g/mol. The fourth-order valence-electron chi connectivity index (χ4n) is 3.66. The first-order chi connectivity index (χ1) is 16.0. The maximum Gasteiger partial charge on any atom is 0.328 e. The molecule has 0 fully saturated rings. The number of nitrogens with zero attached hydrogens (tertiary/aromatic N) is 2. The molecule has 0 aliphatic heterocycles. The minimum atomic E-state index is -0.980. The van der Waals surface area contributed by atoms with Crippen molar-refractivity contribution in [3.8, 4) is 6.07 Å². The van der Waals surface area contributed by atoms with Crippen LogP contribution >= 0.6 is 0 Å². The summed E-state index contributed by atoms with van der Waals surface area (Å²) in [6, 6.07) is 16.1. The van der Waals surface area contributed by atoms with Gasteiger partial charge in [0.2, 0.25) is 0 Å². The Balaban J connectivity index is 2.20. The Morgan fingerprint density at radius 2 is 1.91 bits per heavy atom. The molecule has 0 spiro atoms. The van der Waals surface area contributed by atoms with Crippen LogP contribution in [0, 0.1) is 11.3 Å². The third-order valence-corrected chi connectivity index (χ3v) is 5.34. The number of rotatable bonds is 8. The number of hydrogen-bond donors (Lipinski definition) is 2. The highest BCUT2D eigenvalue weighted by atomic mass is 16.4. The second-order valence-electron chi connectivity index (χ2n) is 7.46. The molecule has 5 heteroatoms. The van der Waals surface area contributed by atoms with Crippen molar-refractivity contribution in [2.24, 2.45) is 0 Å². The highest BCUT2D eigenvalue weighted by Crippen LogP contribution is 2.34. The Labute approximate surface area is 193 Å². The van der Waals surface area contributed by atoms with E-state index < -0.39 is 5.97 Å². The Bertz CT molecular complexity index is 1340. The standard InChI is InChI=1S/C28H25N3O2/c1-4-20(17-29)7-6-19(3)25(5-2)28(23-13-14-26-24(16-23)18-30-31-26)22-11-8-21(9-12-22)10-15-27(32)33/h4,6-16,18H,1,5H2,2-3H3,(H,30,31)(H,32,33)/b15-10+,19-6+,20-7+,28-25+. The first-order valence-corrected chi connectivity index (χ1v) is 10.6. The van der Waals surface area contributed by atoms with Crippen molar-refractivity contribution >= 4 is 28.5 Å². The highest BCUT2D eigenvalue weighted by molar-refractivity contribution is 5.90. The summed E-state index contributed by atoms with van der Waals surface area (Å²) in [6.07, 6.45) is 10.5. The van der Waals surface area contributed by atoms with Crippen molar-refractivity contribution in [2.75, 3.05) is 0 Å². The molecule has 3 aromatic rings. The van der Waals surface area contributed by atoms with Gasteiger partial charge in [-0.3, -0.25) is 5.10 Å². The number of allylic oxidation sites excluding steroid dienone is 6. The van der Waals surface area contributed by atoms with Gasteiger partial charge in [-0.15, -0.1) is 0 Å². The highest BCUT2D eigenvalue weighted by Gasteiger charge is 2.13. The smallest absolute Gasteiger partial charge is 0.328 e. The summed E-state index contributed by atoms with van der Waals surface area (Å²) >= 11 is 0. The molecule has 1 aromatic heterocycles. The molecule has 0 bridgehead atoms. The zero-order valence-electron chi connectivity index (χ0n) is 18.7. The molecule has 0 unspecified atom stereocenters. The third kappa shape index (κ3) is 5.63. The first kappa shape index (κ1) is 23.2. The van der Waals surface area contributed by atoms with E-state index in [1.807, 2.05) is 43.3 Å². The molecular formula is C28H25N3O2. The number of carbonyl (C=O) groups is 1. The van der Waals surface area contributed by atoms with Crippen LogP contribution in [0.4, 0.5) is 0 Å². The van der Waals surface area contributed by atoms with E-state index in [4.69, 9.17) is 5.11 Å². The van der Waals surface area contributed by atoms with Gasteiger partial charge < -0.3 is 5.11 Å². The van der Waals surface area contributed by atoms with E-state index in [2.05, 4.69) is 41.9 Å². The fourth-order valence-corrected chi connectivity index (χ4v) is 3.66. The van der Waals surface area contributed by atoms with Crippen LogP contribution in [0.15, 0.2) is 96.3 Å². The summed E-state index contributed by atoms with van der Waals surface area (Å²) in [5.74, 6) is -0.980. The molecule has 0 saturated heterocycles. The third-order valence-electron chi connectivity index (χ3n) is 5.34. The van der Waals surface area contributed by atoms with E-state index >= 15 is 0 Å². The van der Waals surface area contributed by atoms with Crippen molar-refractivity contribution in [1.82, 2.24) is 10.2 Å². The molecule has 2 aromatic carbocycles. The molecule has 164 valence electrons. The summed E-state index contributed by atoms with van der Waals surface area (Å²) in [7, 11) is 0. The van der Waals surface area contributed by atoms with Gasteiger partial charge in [0.1, 0.15) is 0 Å². The summed E-state index contributed by atoms with van der Waals surface area (Å²) in [4.78, 5) is 10.8. The second-order valence-corrected chi connectivity index (χ2v) is 7.46. The van der Waals surface area contributed by atoms with Gasteiger partial charge in [-0.2, -0.15) is 10.4 Å². The van der Waals surface area contributed by atoms with Crippen LogP contribution in [0.2, 0.25) is 0 Å². The summed E-state index contributed by atoms with van der Waals surface area (Å²) in [5.41, 5.74) is 7.61. The average Bonchev–Trinajstić information content (AvgIpc) is 3.30. The van der Waals surface area contributed by atoms with Gasteiger partial charge in [0.05, 0.1) is 23.4 Å². The molecule has 0 aliphatic carbocycles. The predicted molar refractivity (Wildman–Crippen MR) is 133 cm³/mol. The number of carboxylic acid groups (broad SMARTS) is 1. The summed E-state index contributed by atoms with van der Waals surface area (Å²) in [5, 5.41) is 26.2. The normalized spacial score (nSPS) is 13.1. The molecule has 2 N–H and O–H groups in total. The lowest BCUT2D eigenvalue weighted by Crippen LogP contribution is -1.97. The lowest BCUT2D eigenvalue weighted by Gasteiger charge is -2.17. The van der Waals surface area contributed by atoms with Gasteiger partial charge in [0, 0.05) is 11.5 Å².